The number of nitrogens with one attached hydrogen (secondary N) is 1. The fourth-order valence-electron chi connectivity index (χ4n) is 3.07. The van der Waals surface area contributed by atoms with Crippen LogP contribution in [0.2, 0.25) is 0 Å². The first-order chi connectivity index (χ1) is 12.2. The number of carbonyl (C=O) groups is 2. The van der Waals surface area contributed by atoms with Gasteiger partial charge in [0.15, 0.2) is 0 Å². The SMILES string of the molecule is Cc1ccc(NC(=O)CC(C)(C)CC(=O)O)cc1OCC1CCOCC1. The van der Waals surface area contributed by atoms with E-state index in [1.807, 2.05) is 25.1 Å². The summed E-state index contributed by atoms with van der Waals surface area (Å²) in [6.07, 6.45) is 2.11. The van der Waals surface area contributed by atoms with E-state index in [0.29, 0.717) is 18.2 Å². The van der Waals surface area contributed by atoms with Gasteiger partial charge in [-0.1, -0.05) is 19.9 Å². The zero-order chi connectivity index (χ0) is 19.2. The number of carboxylic acids is 1. The molecule has 0 aromatic heterocycles. The van der Waals surface area contributed by atoms with E-state index in [1.165, 1.54) is 0 Å². The molecular weight excluding hydrogens is 334 g/mol. The van der Waals surface area contributed by atoms with Gasteiger partial charge in [-0.25, -0.2) is 0 Å². The van der Waals surface area contributed by atoms with Gasteiger partial charge in [-0.15, -0.1) is 0 Å². The molecule has 6 nitrogen and oxygen atoms in total. The molecule has 0 bridgehead atoms. The number of aryl methyl sites for hydroxylation is 1. The first-order valence-electron chi connectivity index (χ1n) is 9.08. The average molecular weight is 363 g/mol. The lowest BCUT2D eigenvalue weighted by molar-refractivity contribution is -0.139. The van der Waals surface area contributed by atoms with E-state index in [4.69, 9.17) is 14.6 Å². The van der Waals surface area contributed by atoms with Crippen molar-refractivity contribution in [3.63, 3.8) is 0 Å². The second kappa shape index (κ2) is 9.03. The number of carboxylic acid groups (broad SMARTS) is 1. The van der Waals surface area contributed by atoms with E-state index in [0.717, 1.165) is 37.4 Å². The van der Waals surface area contributed by atoms with E-state index in [1.54, 1.807) is 13.8 Å². The van der Waals surface area contributed by atoms with Crippen molar-refractivity contribution < 1.29 is 24.2 Å². The quantitative estimate of drug-likeness (QED) is 0.737. The standard InChI is InChI=1S/C20H29NO5/c1-14-4-5-16(21-18(22)11-20(2,3)12-19(23)24)10-17(14)26-13-15-6-8-25-9-7-15/h4-5,10,15H,6-9,11-13H2,1-3H3,(H,21,22)(H,23,24). The van der Waals surface area contributed by atoms with Gasteiger partial charge in [-0.2, -0.15) is 0 Å². The molecular formula is C20H29NO5. The Balaban J connectivity index is 1.93. The summed E-state index contributed by atoms with van der Waals surface area (Å²) in [4.78, 5) is 23.1. The Morgan fingerprint density at radius 2 is 1.96 bits per heavy atom. The maximum Gasteiger partial charge on any atom is 0.303 e. The number of benzene rings is 1. The minimum absolute atomic E-state index is 0.0478. The van der Waals surface area contributed by atoms with Crippen LogP contribution in [0.25, 0.3) is 0 Å². The second-order valence-electron chi connectivity index (χ2n) is 7.81. The van der Waals surface area contributed by atoms with Gasteiger partial charge in [-0.05, 0) is 42.7 Å². The molecule has 6 heteroatoms. The Morgan fingerprint density at radius 3 is 2.62 bits per heavy atom. The van der Waals surface area contributed by atoms with Gasteiger partial charge in [-0.3, -0.25) is 9.59 Å². The maximum atomic E-state index is 12.3. The van der Waals surface area contributed by atoms with E-state index in [9.17, 15) is 9.59 Å². The predicted octanol–water partition coefficient (Wildman–Crippen LogP) is 3.63. The lowest BCUT2D eigenvalue weighted by Crippen LogP contribution is -2.25. The summed E-state index contributed by atoms with van der Waals surface area (Å²) in [5.74, 6) is 0.162. The van der Waals surface area contributed by atoms with Crippen molar-refractivity contribution in [3.05, 3.63) is 23.8 Å². The molecule has 0 saturated carbocycles. The lowest BCUT2D eigenvalue weighted by Gasteiger charge is -2.23. The molecule has 1 amide bonds. The number of ether oxygens (including phenoxy) is 2. The zero-order valence-corrected chi connectivity index (χ0v) is 15.8. The highest BCUT2D eigenvalue weighted by Crippen LogP contribution is 2.28. The molecule has 1 saturated heterocycles. The van der Waals surface area contributed by atoms with Crippen LogP contribution >= 0.6 is 0 Å². The third kappa shape index (κ3) is 6.67. The van der Waals surface area contributed by atoms with Crippen LogP contribution in [0.3, 0.4) is 0 Å². The normalized spacial score (nSPS) is 15.5. The van der Waals surface area contributed by atoms with E-state index in [2.05, 4.69) is 5.32 Å². The fourth-order valence-corrected chi connectivity index (χ4v) is 3.07. The third-order valence-corrected chi connectivity index (χ3v) is 4.56. The van der Waals surface area contributed by atoms with Crippen LogP contribution in [0.5, 0.6) is 5.75 Å². The Labute approximate surface area is 154 Å². The minimum Gasteiger partial charge on any atom is -0.493 e. The molecule has 0 atom stereocenters. The van der Waals surface area contributed by atoms with Gasteiger partial charge in [0.25, 0.3) is 0 Å². The van der Waals surface area contributed by atoms with Crippen molar-refractivity contribution >= 4 is 17.6 Å². The Hall–Kier alpha value is -2.08. The molecule has 144 valence electrons. The first kappa shape index (κ1) is 20.2. The first-order valence-corrected chi connectivity index (χ1v) is 9.08. The van der Waals surface area contributed by atoms with Gasteiger partial charge in [0.05, 0.1) is 13.0 Å². The van der Waals surface area contributed by atoms with Crippen LogP contribution in [-0.4, -0.2) is 36.8 Å². The summed E-state index contributed by atoms with van der Waals surface area (Å²) >= 11 is 0. The molecule has 1 aromatic carbocycles. The van der Waals surface area contributed by atoms with Crippen molar-refractivity contribution in [1.82, 2.24) is 0 Å². The van der Waals surface area contributed by atoms with Crippen LogP contribution in [0.4, 0.5) is 5.69 Å². The molecule has 2 rings (SSSR count). The van der Waals surface area contributed by atoms with Crippen LogP contribution < -0.4 is 10.1 Å². The number of hydrogen-bond acceptors (Lipinski definition) is 4. The number of aliphatic carboxylic acids is 1. The van der Waals surface area contributed by atoms with Crippen LogP contribution in [-0.2, 0) is 14.3 Å². The van der Waals surface area contributed by atoms with E-state index in [-0.39, 0.29) is 18.7 Å². The number of hydrogen-bond donors (Lipinski definition) is 2. The number of anilines is 1. The molecule has 0 spiro atoms. The summed E-state index contributed by atoms with van der Waals surface area (Å²) in [7, 11) is 0. The van der Waals surface area contributed by atoms with Crippen LogP contribution in [0.15, 0.2) is 18.2 Å². The number of amides is 1. The molecule has 1 heterocycles. The van der Waals surface area contributed by atoms with Gasteiger partial charge in [0.2, 0.25) is 5.91 Å². The van der Waals surface area contributed by atoms with Crippen molar-refractivity contribution in [2.45, 2.75) is 46.5 Å². The number of carbonyl (C=O) groups excluding carboxylic acids is 1. The average Bonchev–Trinajstić information content (AvgIpc) is 2.54. The summed E-state index contributed by atoms with van der Waals surface area (Å²) < 4.78 is 11.3. The van der Waals surface area contributed by atoms with Crippen molar-refractivity contribution in [1.29, 1.82) is 0 Å². The van der Waals surface area contributed by atoms with Crippen molar-refractivity contribution in [2.24, 2.45) is 11.3 Å². The van der Waals surface area contributed by atoms with Gasteiger partial charge in [0, 0.05) is 31.4 Å². The molecule has 1 aliphatic heterocycles. The Kier molecular flexibility index (Phi) is 7.03. The summed E-state index contributed by atoms with van der Waals surface area (Å²) in [5, 5.41) is 11.8. The second-order valence-corrected chi connectivity index (χ2v) is 7.81. The fraction of sp³-hybridized carbons (Fsp3) is 0.600. The molecule has 2 N–H and O–H groups in total. The highest BCUT2D eigenvalue weighted by Gasteiger charge is 2.25. The van der Waals surface area contributed by atoms with E-state index < -0.39 is 11.4 Å². The highest BCUT2D eigenvalue weighted by molar-refractivity contribution is 5.91. The molecule has 0 radical (unpaired) electrons. The van der Waals surface area contributed by atoms with Gasteiger partial charge >= 0.3 is 5.97 Å². The smallest absolute Gasteiger partial charge is 0.303 e. The van der Waals surface area contributed by atoms with E-state index >= 15 is 0 Å². The predicted molar refractivity (Wildman–Crippen MR) is 99.5 cm³/mol. The summed E-state index contributed by atoms with van der Waals surface area (Å²) in [6.45, 7) is 7.75. The topological polar surface area (TPSA) is 84.9 Å². The monoisotopic (exact) mass is 363 g/mol. The largest absolute Gasteiger partial charge is 0.493 e. The van der Waals surface area contributed by atoms with Crippen molar-refractivity contribution in [3.8, 4) is 5.75 Å². The van der Waals surface area contributed by atoms with Crippen LogP contribution in [0.1, 0.15) is 45.1 Å². The zero-order valence-electron chi connectivity index (χ0n) is 15.8. The van der Waals surface area contributed by atoms with Crippen molar-refractivity contribution in [2.75, 3.05) is 25.1 Å². The molecule has 0 unspecified atom stereocenters. The molecule has 1 aromatic rings. The molecule has 1 fully saturated rings. The van der Waals surface area contributed by atoms with Crippen LogP contribution in [0, 0.1) is 18.3 Å². The van der Waals surface area contributed by atoms with Gasteiger partial charge < -0.3 is 19.9 Å². The summed E-state index contributed by atoms with van der Waals surface area (Å²) in [5.41, 5.74) is 1.08. The van der Waals surface area contributed by atoms with Gasteiger partial charge in [0.1, 0.15) is 5.75 Å². The molecule has 1 aliphatic rings. The third-order valence-electron chi connectivity index (χ3n) is 4.56. The minimum atomic E-state index is -0.901. The molecule has 0 aliphatic carbocycles. The summed E-state index contributed by atoms with van der Waals surface area (Å²) in [6, 6.07) is 5.58. The highest BCUT2D eigenvalue weighted by atomic mass is 16.5. The lowest BCUT2D eigenvalue weighted by atomic mass is 9.85. The number of rotatable bonds is 8. The maximum absolute atomic E-state index is 12.3. The Morgan fingerprint density at radius 1 is 1.27 bits per heavy atom. The Bertz CT molecular complexity index is 635. The molecule has 26 heavy (non-hydrogen) atoms.